The van der Waals surface area contributed by atoms with Crippen molar-refractivity contribution in [1.29, 1.82) is 0 Å². The number of aromatic nitrogens is 2. The van der Waals surface area contributed by atoms with Gasteiger partial charge in [-0.1, -0.05) is 12.1 Å². The molecule has 20 heavy (non-hydrogen) atoms. The molecule has 1 aromatic heterocycles. The fourth-order valence-corrected chi connectivity index (χ4v) is 2.03. The molecule has 2 rings (SSSR count). The molecule has 0 aliphatic carbocycles. The van der Waals surface area contributed by atoms with E-state index < -0.39 is 10.8 Å². The van der Waals surface area contributed by atoms with E-state index in [2.05, 4.69) is 10.4 Å². The van der Waals surface area contributed by atoms with Crippen LogP contribution in [0.3, 0.4) is 0 Å². The molecule has 0 fully saturated rings. The number of aryl methyl sites for hydroxylation is 2. The molecule has 0 spiro atoms. The van der Waals surface area contributed by atoms with Gasteiger partial charge in [0.05, 0.1) is 16.2 Å². The van der Waals surface area contributed by atoms with Gasteiger partial charge in [-0.3, -0.25) is 19.6 Å². The van der Waals surface area contributed by atoms with Crippen LogP contribution in [0.2, 0.25) is 0 Å². The number of nitro groups is 1. The molecule has 7 nitrogen and oxygen atoms in total. The summed E-state index contributed by atoms with van der Waals surface area (Å²) in [6.45, 7) is 3.50. The zero-order chi connectivity index (χ0) is 14.9. The second kappa shape index (κ2) is 5.12. The average Bonchev–Trinajstić information content (AvgIpc) is 2.63. The lowest BCUT2D eigenvalue weighted by Gasteiger charge is -2.06. The van der Waals surface area contributed by atoms with E-state index in [0.29, 0.717) is 17.0 Å². The summed E-state index contributed by atoms with van der Waals surface area (Å²) in [4.78, 5) is 22.6. The summed E-state index contributed by atoms with van der Waals surface area (Å²) in [5.41, 5.74) is 1.76. The molecule has 0 unspecified atom stereocenters. The number of carbonyl (C=O) groups is 1. The zero-order valence-corrected chi connectivity index (χ0v) is 11.4. The number of para-hydroxylation sites is 2. The lowest BCUT2D eigenvalue weighted by Crippen LogP contribution is -2.15. The Morgan fingerprint density at radius 1 is 1.35 bits per heavy atom. The van der Waals surface area contributed by atoms with Crippen molar-refractivity contribution in [1.82, 2.24) is 9.78 Å². The third-order valence-electron chi connectivity index (χ3n) is 3.09. The fourth-order valence-electron chi connectivity index (χ4n) is 2.03. The van der Waals surface area contributed by atoms with Gasteiger partial charge in [0.1, 0.15) is 5.69 Å². The van der Waals surface area contributed by atoms with Gasteiger partial charge in [-0.2, -0.15) is 5.10 Å². The molecule has 1 aromatic carbocycles. The molecule has 0 atom stereocenters. The summed E-state index contributed by atoms with van der Waals surface area (Å²) >= 11 is 0. The number of carbonyl (C=O) groups excluding carboxylic acids is 1. The topological polar surface area (TPSA) is 90.1 Å². The summed E-state index contributed by atoms with van der Waals surface area (Å²) in [5.74, 6) is -0.401. The molecule has 7 heteroatoms. The highest BCUT2D eigenvalue weighted by Crippen LogP contribution is 2.24. The standard InChI is InChI=1S/C13H14N4O3/c1-8-12(9(2)16(3)15-8)13(18)14-10-6-4-5-7-11(10)17(19)20/h4-7H,1-3H3,(H,14,18). The van der Waals surface area contributed by atoms with Crippen molar-refractivity contribution in [3.8, 4) is 0 Å². The van der Waals surface area contributed by atoms with Crippen LogP contribution in [0, 0.1) is 24.0 Å². The van der Waals surface area contributed by atoms with Gasteiger partial charge in [0, 0.05) is 18.8 Å². The second-order valence-electron chi connectivity index (χ2n) is 4.40. The van der Waals surface area contributed by atoms with E-state index in [1.165, 1.54) is 12.1 Å². The SMILES string of the molecule is Cc1nn(C)c(C)c1C(=O)Nc1ccccc1[N+](=O)[O-]. The summed E-state index contributed by atoms with van der Waals surface area (Å²) in [6.07, 6.45) is 0. The molecule has 1 N–H and O–H groups in total. The number of nitrogens with zero attached hydrogens (tertiary/aromatic N) is 3. The van der Waals surface area contributed by atoms with E-state index in [4.69, 9.17) is 0 Å². The number of benzene rings is 1. The predicted octanol–water partition coefficient (Wildman–Crippen LogP) is 2.20. The van der Waals surface area contributed by atoms with Crippen LogP contribution < -0.4 is 5.32 Å². The summed E-state index contributed by atoms with van der Waals surface area (Å²) in [7, 11) is 1.74. The highest BCUT2D eigenvalue weighted by molar-refractivity contribution is 6.06. The Morgan fingerprint density at radius 2 is 2.00 bits per heavy atom. The smallest absolute Gasteiger partial charge is 0.292 e. The van der Waals surface area contributed by atoms with Gasteiger partial charge in [-0.25, -0.2) is 0 Å². The van der Waals surface area contributed by atoms with Gasteiger partial charge in [-0.15, -0.1) is 0 Å². The molecular formula is C13H14N4O3. The highest BCUT2D eigenvalue weighted by atomic mass is 16.6. The van der Waals surface area contributed by atoms with Crippen molar-refractivity contribution in [2.45, 2.75) is 13.8 Å². The quantitative estimate of drug-likeness (QED) is 0.686. The Labute approximate surface area is 115 Å². The van der Waals surface area contributed by atoms with Crippen molar-refractivity contribution in [3.63, 3.8) is 0 Å². The number of nitrogens with one attached hydrogen (secondary N) is 1. The first-order valence-electron chi connectivity index (χ1n) is 5.96. The monoisotopic (exact) mass is 274 g/mol. The molecule has 104 valence electrons. The molecular weight excluding hydrogens is 260 g/mol. The second-order valence-corrected chi connectivity index (χ2v) is 4.40. The van der Waals surface area contributed by atoms with E-state index >= 15 is 0 Å². The Morgan fingerprint density at radius 3 is 2.55 bits per heavy atom. The normalized spacial score (nSPS) is 10.3. The Balaban J connectivity index is 2.36. The minimum Gasteiger partial charge on any atom is -0.316 e. The number of hydrogen-bond acceptors (Lipinski definition) is 4. The van der Waals surface area contributed by atoms with Crippen LogP contribution in [0.1, 0.15) is 21.7 Å². The minimum atomic E-state index is -0.529. The van der Waals surface area contributed by atoms with E-state index in [1.807, 2.05) is 0 Å². The van der Waals surface area contributed by atoms with Gasteiger partial charge in [0.2, 0.25) is 0 Å². The van der Waals surface area contributed by atoms with Gasteiger partial charge in [0.15, 0.2) is 0 Å². The largest absolute Gasteiger partial charge is 0.316 e. The van der Waals surface area contributed by atoms with Crippen molar-refractivity contribution < 1.29 is 9.72 Å². The summed E-state index contributed by atoms with van der Waals surface area (Å²) in [6, 6.07) is 6.02. The molecule has 0 saturated carbocycles. The van der Waals surface area contributed by atoms with Crippen LogP contribution >= 0.6 is 0 Å². The molecule has 0 aliphatic heterocycles. The lowest BCUT2D eigenvalue weighted by molar-refractivity contribution is -0.383. The van der Waals surface area contributed by atoms with Crippen LogP contribution in [-0.4, -0.2) is 20.6 Å². The first kappa shape index (κ1) is 13.7. The summed E-state index contributed by atoms with van der Waals surface area (Å²) < 4.78 is 1.60. The summed E-state index contributed by atoms with van der Waals surface area (Å²) in [5, 5.41) is 17.6. The van der Waals surface area contributed by atoms with Gasteiger partial charge >= 0.3 is 0 Å². The lowest BCUT2D eigenvalue weighted by atomic mass is 10.1. The van der Waals surface area contributed by atoms with E-state index in [0.717, 1.165) is 0 Å². The fraction of sp³-hybridized carbons (Fsp3) is 0.231. The van der Waals surface area contributed by atoms with E-state index in [9.17, 15) is 14.9 Å². The maximum absolute atomic E-state index is 12.3. The van der Waals surface area contributed by atoms with Crippen molar-refractivity contribution in [2.24, 2.45) is 7.05 Å². The van der Waals surface area contributed by atoms with Crippen molar-refractivity contribution in [2.75, 3.05) is 5.32 Å². The third kappa shape index (κ3) is 2.37. The van der Waals surface area contributed by atoms with Crippen LogP contribution in [0.5, 0.6) is 0 Å². The number of amides is 1. The third-order valence-corrected chi connectivity index (χ3v) is 3.09. The number of anilines is 1. The maximum atomic E-state index is 12.3. The van der Waals surface area contributed by atoms with Gasteiger partial charge < -0.3 is 5.32 Å². The van der Waals surface area contributed by atoms with Gasteiger partial charge in [-0.05, 0) is 19.9 Å². The maximum Gasteiger partial charge on any atom is 0.292 e. The number of nitro benzene ring substituents is 1. The van der Waals surface area contributed by atoms with E-state index in [1.54, 1.807) is 37.7 Å². The van der Waals surface area contributed by atoms with Gasteiger partial charge in [0.25, 0.3) is 11.6 Å². The molecule has 0 radical (unpaired) electrons. The van der Waals surface area contributed by atoms with Crippen molar-refractivity contribution >= 4 is 17.3 Å². The minimum absolute atomic E-state index is 0.139. The Bertz CT molecular complexity index is 691. The first-order valence-corrected chi connectivity index (χ1v) is 5.96. The molecule has 2 aromatic rings. The molecule has 1 amide bonds. The number of rotatable bonds is 3. The van der Waals surface area contributed by atoms with Crippen LogP contribution in [0.15, 0.2) is 24.3 Å². The van der Waals surface area contributed by atoms with Crippen LogP contribution in [0.4, 0.5) is 11.4 Å². The van der Waals surface area contributed by atoms with E-state index in [-0.39, 0.29) is 11.4 Å². The molecule has 1 heterocycles. The molecule has 0 saturated heterocycles. The predicted molar refractivity (Wildman–Crippen MR) is 73.7 cm³/mol. The van der Waals surface area contributed by atoms with Crippen molar-refractivity contribution in [3.05, 3.63) is 51.3 Å². The molecule has 0 bridgehead atoms. The first-order chi connectivity index (χ1) is 9.41. The van der Waals surface area contributed by atoms with Crippen LogP contribution in [0.25, 0.3) is 0 Å². The zero-order valence-electron chi connectivity index (χ0n) is 11.4. The Kier molecular flexibility index (Phi) is 3.51. The Hall–Kier alpha value is -2.70. The average molecular weight is 274 g/mol. The van der Waals surface area contributed by atoms with Crippen LogP contribution in [-0.2, 0) is 7.05 Å². The molecule has 0 aliphatic rings. The number of hydrogen-bond donors (Lipinski definition) is 1. The highest BCUT2D eigenvalue weighted by Gasteiger charge is 2.20.